The van der Waals surface area contributed by atoms with Gasteiger partial charge in [0.05, 0.1) is 14.4 Å². The molecule has 0 radical (unpaired) electrons. The number of carbonyl (C=O) groups is 1. The summed E-state index contributed by atoms with van der Waals surface area (Å²) >= 11 is 6.56. The van der Waals surface area contributed by atoms with E-state index in [2.05, 4.69) is 38.4 Å². The number of thiazole rings is 1. The molecule has 1 N–H and O–H groups in total. The van der Waals surface area contributed by atoms with E-state index in [4.69, 9.17) is 0 Å². The van der Waals surface area contributed by atoms with Crippen LogP contribution in [0.2, 0.25) is 0 Å². The first-order valence-electron chi connectivity index (χ1n) is 6.39. The molecule has 3 rings (SSSR count). The molecular formula is C14H13BrN2OS2. The van der Waals surface area contributed by atoms with Crippen molar-refractivity contribution in [2.75, 3.05) is 5.32 Å². The van der Waals surface area contributed by atoms with E-state index < -0.39 is 0 Å². The summed E-state index contributed by atoms with van der Waals surface area (Å²) in [7, 11) is 0. The molecule has 0 aromatic carbocycles. The predicted molar refractivity (Wildman–Crippen MR) is 88.2 cm³/mol. The summed E-state index contributed by atoms with van der Waals surface area (Å²) in [5.41, 5.74) is 0.921. The minimum atomic E-state index is 0.0858. The molecule has 20 heavy (non-hydrogen) atoms. The maximum absolute atomic E-state index is 12.1. The number of hydrogen-bond acceptors (Lipinski definition) is 4. The van der Waals surface area contributed by atoms with E-state index in [0.717, 1.165) is 33.6 Å². The average Bonchev–Trinajstić information content (AvgIpc) is 3.09. The number of thiophene rings is 1. The van der Waals surface area contributed by atoms with Crippen molar-refractivity contribution in [2.24, 2.45) is 5.92 Å². The zero-order valence-corrected chi connectivity index (χ0v) is 13.9. The summed E-state index contributed by atoms with van der Waals surface area (Å²) in [6, 6.07) is 4.04. The Labute approximate surface area is 133 Å². The molecule has 0 saturated carbocycles. The molecule has 1 aliphatic rings. The summed E-state index contributed by atoms with van der Waals surface area (Å²) in [5.74, 6) is 0.172. The molecule has 0 saturated heterocycles. The van der Waals surface area contributed by atoms with Crippen LogP contribution in [0.5, 0.6) is 0 Å². The van der Waals surface area contributed by atoms with Gasteiger partial charge in [-0.2, -0.15) is 0 Å². The number of allylic oxidation sites excluding steroid dienone is 2. The van der Waals surface area contributed by atoms with Gasteiger partial charge >= 0.3 is 0 Å². The van der Waals surface area contributed by atoms with Crippen molar-refractivity contribution in [1.29, 1.82) is 0 Å². The highest BCUT2D eigenvalue weighted by Gasteiger charge is 2.19. The van der Waals surface area contributed by atoms with Crippen LogP contribution in [0.1, 0.15) is 19.3 Å². The number of anilines is 1. The smallest absolute Gasteiger partial charge is 0.229 e. The van der Waals surface area contributed by atoms with E-state index in [1.54, 1.807) is 11.3 Å². The first kappa shape index (κ1) is 14.0. The quantitative estimate of drug-likeness (QED) is 0.780. The van der Waals surface area contributed by atoms with E-state index in [0.29, 0.717) is 5.13 Å². The van der Waals surface area contributed by atoms with Gasteiger partial charge in [0.2, 0.25) is 5.91 Å². The van der Waals surface area contributed by atoms with Gasteiger partial charge in [-0.1, -0.05) is 12.2 Å². The fraction of sp³-hybridized carbons (Fsp3) is 0.286. The number of hydrogen-bond donors (Lipinski definition) is 1. The van der Waals surface area contributed by atoms with Crippen LogP contribution in [0.25, 0.3) is 10.6 Å². The molecule has 2 heterocycles. The second-order valence-electron chi connectivity index (χ2n) is 4.61. The van der Waals surface area contributed by atoms with Crippen molar-refractivity contribution in [3.63, 3.8) is 0 Å². The average molecular weight is 369 g/mol. The zero-order valence-electron chi connectivity index (χ0n) is 10.6. The Morgan fingerprint density at radius 1 is 1.40 bits per heavy atom. The van der Waals surface area contributed by atoms with E-state index in [-0.39, 0.29) is 11.8 Å². The van der Waals surface area contributed by atoms with Crippen molar-refractivity contribution >= 4 is 49.6 Å². The normalized spacial score (nSPS) is 18.1. The number of aromatic nitrogens is 1. The summed E-state index contributed by atoms with van der Waals surface area (Å²) in [6.07, 6.45) is 6.98. The standard InChI is InChI=1S/C14H13BrN2OS2/c15-12-7-6-11(20-12)10-8-19-14(16-10)17-13(18)9-4-2-1-3-5-9/h1-2,6-9H,3-5H2,(H,16,17,18)/t9-/m0/s1. The predicted octanol–water partition coefficient (Wildman–Crippen LogP) is 4.93. The van der Waals surface area contributed by atoms with Crippen LogP contribution in [0.3, 0.4) is 0 Å². The molecule has 3 nitrogen and oxygen atoms in total. The Balaban J connectivity index is 1.68. The minimum absolute atomic E-state index is 0.0858. The molecular weight excluding hydrogens is 356 g/mol. The number of amides is 1. The molecule has 0 spiro atoms. The monoisotopic (exact) mass is 368 g/mol. The summed E-state index contributed by atoms with van der Waals surface area (Å²) in [6.45, 7) is 0. The fourth-order valence-electron chi connectivity index (χ4n) is 2.14. The van der Waals surface area contributed by atoms with Crippen LogP contribution in [0, 0.1) is 5.92 Å². The second-order valence-corrected chi connectivity index (χ2v) is 7.93. The lowest BCUT2D eigenvalue weighted by molar-refractivity contribution is -0.120. The molecule has 0 fully saturated rings. The van der Waals surface area contributed by atoms with Crippen molar-refractivity contribution < 1.29 is 4.79 Å². The number of nitrogens with zero attached hydrogens (tertiary/aromatic N) is 1. The highest BCUT2D eigenvalue weighted by atomic mass is 79.9. The third-order valence-electron chi connectivity index (χ3n) is 3.20. The summed E-state index contributed by atoms with van der Waals surface area (Å²) < 4.78 is 1.08. The molecule has 2 aromatic rings. The summed E-state index contributed by atoms with van der Waals surface area (Å²) in [4.78, 5) is 17.7. The Hall–Kier alpha value is -0.980. The van der Waals surface area contributed by atoms with E-state index in [1.807, 2.05) is 17.5 Å². The number of nitrogens with one attached hydrogen (secondary N) is 1. The molecule has 1 aliphatic carbocycles. The molecule has 0 bridgehead atoms. The first-order valence-corrected chi connectivity index (χ1v) is 8.88. The number of halogens is 1. The molecule has 1 amide bonds. The largest absolute Gasteiger partial charge is 0.302 e. The molecule has 0 aliphatic heterocycles. The van der Waals surface area contributed by atoms with Gasteiger partial charge < -0.3 is 5.32 Å². The highest BCUT2D eigenvalue weighted by Crippen LogP contribution is 2.33. The third kappa shape index (κ3) is 3.19. The van der Waals surface area contributed by atoms with Gasteiger partial charge in [-0.3, -0.25) is 4.79 Å². The van der Waals surface area contributed by atoms with Crippen LogP contribution in [-0.4, -0.2) is 10.9 Å². The zero-order chi connectivity index (χ0) is 13.9. The van der Waals surface area contributed by atoms with Crippen molar-refractivity contribution in [1.82, 2.24) is 4.98 Å². The molecule has 6 heteroatoms. The van der Waals surface area contributed by atoms with Crippen LogP contribution in [-0.2, 0) is 4.79 Å². The van der Waals surface area contributed by atoms with Crippen molar-refractivity contribution in [3.05, 3.63) is 33.5 Å². The lowest BCUT2D eigenvalue weighted by atomic mass is 9.94. The summed E-state index contributed by atoms with van der Waals surface area (Å²) in [5, 5.41) is 5.60. The minimum Gasteiger partial charge on any atom is -0.302 e. The molecule has 2 aromatic heterocycles. The van der Waals surface area contributed by atoms with Gasteiger partial charge in [0.15, 0.2) is 5.13 Å². The Kier molecular flexibility index (Phi) is 4.33. The molecule has 104 valence electrons. The third-order valence-corrected chi connectivity index (χ3v) is 5.60. The van der Waals surface area contributed by atoms with Crippen LogP contribution < -0.4 is 5.32 Å². The SMILES string of the molecule is O=C(Nc1nc(-c2ccc(Br)s2)cs1)[C@H]1CC=CCC1. The topological polar surface area (TPSA) is 42.0 Å². The molecule has 1 atom stereocenters. The van der Waals surface area contributed by atoms with E-state index in [9.17, 15) is 4.79 Å². The van der Waals surface area contributed by atoms with Gasteiger partial charge in [0, 0.05) is 11.3 Å². The Morgan fingerprint density at radius 3 is 3.00 bits per heavy atom. The van der Waals surface area contributed by atoms with E-state index in [1.165, 1.54) is 11.3 Å². The lowest BCUT2D eigenvalue weighted by Gasteiger charge is -2.15. The van der Waals surface area contributed by atoms with Crippen LogP contribution >= 0.6 is 38.6 Å². The Morgan fingerprint density at radius 2 is 2.30 bits per heavy atom. The van der Waals surface area contributed by atoms with Gasteiger partial charge in [-0.15, -0.1) is 22.7 Å². The second kappa shape index (κ2) is 6.20. The molecule has 0 unspecified atom stereocenters. The maximum Gasteiger partial charge on any atom is 0.229 e. The fourth-order valence-corrected chi connectivity index (χ4v) is 4.27. The van der Waals surface area contributed by atoms with Gasteiger partial charge in [-0.25, -0.2) is 4.98 Å². The number of carbonyl (C=O) groups excluding carboxylic acids is 1. The maximum atomic E-state index is 12.1. The first-order chi connectivity index (χ1) is 9.72. The lowest BCUT2D eigenvalue weighted by Crippen LogP contribution is -2.23. The van der Waals surface area contributed by atoms with E-state index >= 15 is 0 Å². The van der Waals surface area contributed by atoms with Gasteiger partial charge in [-0.05, 0) is 47.3 Å². The van der Waals surface area contributed by atoms with Gasteiger partial charge in [0.25, 0.3) is 0 Å². The Bertz CT molecular complexity index is 647. The van der Waals surface area contributed by atoms with Gasteiger partial charge in [0.1, 0.15) is 0 Å². The van der Waals surface area contributed by atoms with Crippen LogP contribution in [0.4, 0.5) is 5.13 Å². The highest BCUT2D eigenvalue weighted by molar-refractivity contribution is 9.11. The van der Waals surface area contributed by atoms with Crippen molar-refractivity contribution in [2.45, 2.75) is 19.3 Å². The van der Waals surface area contributed by atoms with Crippen molar-refractivity contribution in [3.8, 4) is 10.6 Å². The van der Waals surface area contributed by atoms with Crippen LogP contribution in [0.15, 0.2) is 33.5 Å². The number of rotatable bonds is 3.